The number of hydrogen-bond acceptors (Lipinski definition) is 2. The summed E-state index contributed by atoms with van der Waals surface area (Å²) in [5, 5.41) is 7.07. The molecule has 0 aliphatic rings. The standard InChI is InChI=1S/C13H10FN3/c14-10-5-2-1-4-9(10)8-12-13-11(16-17-12)6-3-7-15-13/h1-7H,8H2,(H,16,17). The molecule has 3 rings (SSSR count). The van der Waals surface area contributed by atoms with Crippen LogP contribution in [0.2, 0.25) is 0 Å². The van der Waals surface area contributed by atoms with Crippen LogP contribution in [0.4, 0.5) is 4.39 Å². The molecule has 0 aliphatic carbocycles. The molecule has 2 aromatic heterocycles. The van der Waals surface area contributed by atoms with Gasteiger partial charge < -0.3 is 0 Å². The van der Waals surface area contributed by atoms with Crippen molar-refractivity contribution in [2.24, 2.45) is 0 Å². The van der Waals surface area contributed by atoms with Gasteiger partial charge in [-0.05, 0) is 23.8 Å². The number of fused-ring (bicyclic) bond motifs is 1. The zero-order chi connectivity index (χ0) is 11.7. The molecule has 3 aromatic rings. The molecule has 0 aliphatic heterocycles. The fraction of sp³-hybridized carbons (Fsp3) is 0.0769. The fourth-order valence-corrected chi connectivity index (χ4v) is 1.85. The van der Waals surface area contributed by atoms with Crippen molar-refractivity contribution in [3.8, 4) is 0 Å². The van der Waals surface area contributed by atoms with Crippen molar-refractivity contribution < 1.29 is 4.39 Å². The van der Waals surface area contributed by atoms with E-state index in [2.05, 4.69) is 15.2 Å². The van der Waals surface area contributed by atoms with Crippen molar-refractivity contribution in [2.45, 2.75) is 6.42 Å². The van der Waals surface area contributed by atoms with Crippen LogP contribution in [0, 0.1) is 5.82 Å². The minimum atomic E-state index is -0.209. The number of benzene rings is 1. The molecule has 4 heteroatoms. The topological polar surface area (TPSA) is 41.6 Å². The van der Waals surface area contributed by atoms with Gasteiger partial charge in [0, 0.05) is 12.6 Å². The Labute approximate surface area is 97.3 Å². The van der Waals surface area contributed by atoms with E-state index in [-0.39, 0.29) is 5.82 Å². The second-order valence-corrected chi connectivity index (χ2v) is 3.84. The number of rotatable bonds is 2. The Bertz CT molecular complexity index is 660. The summed E-state index contributed by atoms with van der Waals surface area (Å²) in [6, 6.07) is 10.5. The lowest BCUT2D eigenvalue weighted by atomic mass is 10.1. The molecular weight excluding hydrogens is 217 g/mol. The number of halogens is 1. The maximum absolute atomic E-state index is 13.5. The molecule has 1 aromatic carbocycles. The predicted octanol–water partition coefficient (Wildman–Crippen LogP) is 2.69. The zero-order valence-corrected chi connectivity index (χ0v) is 9.02. The van der Waals surface area contributed by atoms with Crippen LogP contribution < -0.4 is 0 Å². The number of aromatic amines is 1. The van der Waals surface area contributed by atoms with E-state index in [0.717, 1.165) is 16.7 Å². The van der Waals surface area contributed by atoms with Gasteiger partial charge in [0.2, 0.25) is 0 Å². The van der Waals surface area contributed by atoms with E-state index < -0.39 is 0 Å². The average Bonchev–Trinajstić information content (AvgIpc) is 2.76. The molecule has 84 valence electrons. The summed E-state index contributed by atoms with van der Waals surface area (Å²) in [7, 11) is 0. The van der Waals surface area contributed by atoms with Gasteiger partial charge in [-0.3, -0.25) is 10.1 Å². The minimum absolute atomic E-state index is 0.209. The molecule has 0 bridgehead atoms. The Hall–Kier alpha value is -2.23. The Balaban J connectivity index is 2.03. The summed E-state index contributed by atoms with van der Waals surface area (Å²) in [6.07, 6.45) is 2.16. The maximum atomic E-state index is 13.5. The lowest BCUT2D eigenvalue weighted by Crippen LogP contribution is -1.93. The first-order valence-electron chi connectivity index (χ1n) is 5.36. The van der Waals surface area contributed by atoms with Crippen molar-refractivity contribution in [1.29, 1.82) is 0 Å². The van der Waals surface area contributed by atoms with E-state index in [0.29, 0.717) is 12.0 Å². The molecule has 3 nitrogen and oxygen atoms in total. The summed E-state index contributed by atoms with van der Waals surface area (Å²) < 4.78 is 13.5. The number of hydrogen-bond donors (Lipinski definition) is 1. The number of nitrogens with one attached hydrogen (secondary N) is 1. The molecule has 0 saturated carbocycles. The summed E-state index contributed by atoms with van der Waals surface area (Å²) in [4.78, 5) is 4.25. The molecule has 1 N–H and O–H groups in total. The van der Waals surface area contributed by atoms with Gasteiger partial charge in [-0.1, -0.05) is 18.2 Å². The summed E-state index contributed by atoms with van der Waals surface area (Å²) in [5.41, 5.74) is 3.08. The van der Waals surface area contributed by atoms with Crippen molar-refractivity contribution in [2.75, 3.05) is 0 Å². The van der Waals surface area contributed by atoms with E-state index in [1.54, 1.807) is 18.3 Å². The highest BCUT2D eigenvalue weighted by molar-refractivity contribution is 5.76. The molecule has 0 spiro atoms. The van der Waals surface area contributed by atoms with Gasteiger partial charge >= 0.3 is 0 Å². The summed E-state index contributed by atoms with van der Waals surface area (Å²) in [5.74, 6) is -0.209. The lowest BCUT2D eigenvalue weighted by Gasteiger charge is -1.99. The van der Waals surface area contributed by atoms with Crippen molar-refractivity contribution in [3.63, 3.8) is 0 Å². The van der Waals surface area contributed by atoms with E-state index in [9.17, 15) is 4.39 Å². The number of pyridine rings is 1. The highest BCUT2D eigenvalue weighted by atomic mass is 19.1. The van der Waals surface area contributed by atoms with Gasteiger partial charge in [-0.2, -0.15) is 5.10 Å². The monoisotopic (exact) mass is 227 g/mol. The molecule has 0 saturated heterocycles. The normalized spacial score (nSPS) is 10.9. The van der Waals surface area contributed by atoms with Gasteiger partial charge in [0.25, 0.3) is 0 Å². The Morgan fingerprint density at radius 2 is 2.00 bits per heavy atom. The molecule has 0 atom stereocenters. The smallest absolute Gasteiger partial charge is 0.126 e. The minimum Gasteiger partial charge on any atom is -0.276 e. The van der Waals surface area contributed by atoms with Gasteiger partial charge in [0.05, 0.1) is 11.2 Å². The summed E-state index contributed by atoms with van der Waals surface area (Å²) in [6.45, 7) is 0. The van der Waals surface area contributed by atoms with Gasteiger partial charge in [-0.25, -0.2) is 4.39 Å². The third-order valence-corrected chi connectivity index (χ3v) is 2.71. The van der Waals surface area contributed by atoms with Gasteiger partial charge in [-0.15, -0.1) is 0 Å². The van der Waals surface area contributed by atoms with Crippen LogP contribution >= 0.6 is 0 Å². The second-order valence-electron chi connectivity index (χ2n) is 3.84. The second kappa shape index (κ2) is 3.97. The van der Waals surface area contributed by atoms with Crippen LogP contribution in [0.25, 0.3) is 11.0 Å². The van der Waals surface area contributed by atoms with Crippen LogP contribution in [0.1, 0.15) is 11.3 Å². The Kier molecular flexibility index (Phi) is 2.33. The first-order valence-corrected chi connectivity index (χ1v) is 5.36. The van der Waals surface area contributed by atoms with Crippen molar-refractivity contribution in [3.05, 3.63) is 59.7 Å². The molecule has 17 heavy (non-hydrogen) atoms. The number of H-pyrrole nitrogens is 1. The molecule has 0 fully saturated rings. The zero-order valence-electron chi connectivity index (χ0n) is 9.02. The molecule has 2 heterocycles. The highest BCUT2D eigenvalue weighted by Crippen LogP contribution is 2.17. The van der Waals surface area contributed by atoms with Crippen LogP contribution in [-0.2, 0) is 6.42 Å². The van der Waals surface area contributed by atoms with Crippen LogP contribution in [0.5, 0.6) is 0 Å². The molecule has 0 amide bonds. The van der Waals surface area contributed by atoms with Crippen molar-refractivity contribution in [1.82, 2.24) is 15.2 Å². The third-order valence-electron chi connectivity index (χ3n) is 2.71. The van der Waals surface area contributed by atoms with Gasteiger partial charge in [0.1, 0.15) is 11.3 Å². The average molecular weight is 227 g/mol. The predicted molar refractivity (Wildman–Crippen MR) is 63.1 cm³/mol. The van der Waals surface area contributed by atoms with Gasteiger partial charge in [0.15, 0.2) is 0 Å². The lowest BCUT2D eigenvalue weighted by molar-refractivity contribution is 0.613. The van der Waals surface area contributed by atoms with E-state index >= 15 is 0 Å². The van der Waals surface area contributed by atoms with Crippen LogP contribution in [0.15, 0.2) is 42.6 Å². The molecule has 0 radical (unpaired) electrons. The largest absolute Gasteiger partial charge is 0.276 e. The van der Waals surface area contributed by atoms with Crippen molar-refractivity contribution >= 4 is 11.0 Å². The Morgan fingerprint density at radius 1 is 1.12 bits per heavy atom. The number of nitrogens with zero attached hydrogens (tertiary/aromatic N) is 2. The maximum Gasteiger partial charge on any atom is 0.126 e. The Morgan fingerprint density at radius 3 is 2.88 bits per heavy atom. The molecular formula is C13H10FN3. The van der Waals surface area contributed by atoms with E-state index in [4.69, 9.17) is 0 Å². The first kappa shape index (κ1) is 9.96. The number of aromatic nitrogens is 3. The third kappa shape index (κ3) is 1.78. The van der Waals surface area contributed by atoms with E-state index in [1.807, 2.05) is 18.2 Å². The quantitative estimate of drug-likeness (QED) is 0.731. The molecule has 0 unspecified atom stereocenters. The highest BCUT2D eigenvalue weighted by Gasteiger charge is 2.09. The summed E-state index contributed by atoms with van der Waals surface area (Å²) >= 11 is 0. The SMILES string of the molecule is Fc1ccccc1Cc1n[nH]c2cccnc12. The van der Waals surface area contributed by atoms with Crippen LogP contribution in [0.3, 0.4) is 0 Å². The van der Waals surface area contributed by atoms with Crippen LogP contribution in [-0.4, -0.2) is 15.2 Å². The van der Waals surface area contributed by atoms with E-state index in [1.165, 1.54) is 6.07 Å². The first-order chi connectivity index (χ1) is 8.34. The fourth-order valence-electron chi connectivity index (χ4n) is 1.85.